The summed E-state index contributed by atoms with van der Waals surface area (Å²) in [6.45, 7) is 3.13. The van der Waals surface area contributed by atoms with Crippen LogP contribution in [0, 0.1) is 0 Å². The van der Waals surface area contributed by atoms with E-state index in [2.05, 4.69) is 5.32 Å². The van der Waals surface area contributed by atoms with Gasteiger partial charge in [0.05, 0.1) is 44.1 Å². The molecular formula is C30H33N3O6S. The van der Waals surface area contributed by atoms with Crippen LogP contribution in [0.15, 0.2) is 75.9 Å². The molecule has 1 N–H and O–H groups in total. The number of fused-ring (bicyclic) bond motifs is 1. The van der Waals surface area contributed by atoms with Gasteiger partial charge in [-0.3, -0.25) is 4.79 Å². The van der Waals surface area contributed by atoms with Gasteiger partial charge in [0.1, 0.15) is 6.61 Å². The number of carbonyl (C=O) groups excluding carboxylic acids is 2. The summed E-state index contributed by atoms with van der Waals surface area (Å²) >= 11 is 1.42. The lowest BCUT2D eigenvalue weighted by Gasteiger charge is -2.37. The molecule has 0 bridgehead atoms. The van der Waals surface area contributed by atoms with Crippen molar-refractivity contribution < 1.29 is 28.5 Å². The third kappa shape index (κ3) is 5.88. The van der Waals surface area contributed by atoms with E-state index >= 15 is 0 Å². The molecule has 2 aromatic rings. The van der Waals surface area contributed by atoms with E-state index in [0.29, 0.717) is 40.0 Å². The molecule has 5 rings (SSSR count). The van der Waals surface area contributed by atoms with Crippen molar-refractivity contribution in [3.63, 3.8) is 0 Å². The van der Waals surface area contributed by atoms with E-state index < -0.39 is 12.0 Å². The van der Waals surface area contributed by atoms with Crippen LogP contribution in [0.2, 0.25) is 0 Å². The normalized spacial score (nSPS) is 20.0. The smallest absolute Gasteiger partial charge is 0.338 e. The summed E-state index contributed by atoms with van der Waals surface area (Å²) in [6.07, 6.45) is 2.12. The number of thioether (sulfide) groups is 1. The van der Waals surface area contributed by atoms with Crippen LogP contribution in [0.5, 0.6) is 11.5 Å². The average Bonchev–Trinajstić information content (AvgIpc) is 3.64. The van der Waals surface area contributed by atoms with Crippen molar-refractivity contribution in [3.05, 3.63) is 82.0 Å². The molecule has 0 aromatic heterocycles. The van der Waals surface area contributed by atoms with Gasteiger partial charge in [-0.2, -0.15) is 0 Å². The minimum absolute atomic E-state index is 0.0494. The SMILES string of the molecule is COc1cccc([C@H]2C(C(=O)OCc3ccccc3)=C(C)N=C3SC=C(CC(=O)NC[C@@H]4CCCO4)N32)c1OC. The quantitative estimate of drug-likeness (QED) is 0.415. The van der Waals surface area contributed by atoms with Crippen LogP contribution in [-0.4, -0.2) is 55.4 Å². The maximum atomic E-state index is 13.7. The van der Waals surface area contributed by atoms with E-state index in [1.54, 1.807) is 27.2 Å². The fourth-order valence-corrected chi connectivity index (χ4v) is 6.08. The summed E-state index contributed by atoms with van der Waals surface area (Å²) in [5.41, 5.74) is 3.23. The molecule has 0 radical (unpaired) electrons. The van der Waals surface area contributed by atoms with Crippen molar-refractivity contribution in [2.75, 3.05) is 27.4 Å². The Kier molecular flexibility index (Phi) is 8.76. The molecule has 1 saturated heterocycles. The molecule has 9 nitrogen and oxygen atoms in total. The van der Waals surface area contributed by atoms with Crippen LogP contribution in [0.1, 0.15) is 43.4 Å². The number of allylic oxidation sites excluding steroid dienone is 1. The fraction of sp³-hybridized carbons (Fsp3) is 0.367. The number of methoxy groups -OCH3 is 2. The monoisotopic (exact) mass is 563 g/mol. The number of hydrogen-bond acceptors (Lipinski definition) is 9. The Bertz CT molecular complexity index is 1350. The van der Waals surface area contributed by atoms with Crippen LogP contribution in [0.3, 0.4) is 0 Å². The van der Waals surface area contributed by atoms with E-state index in [0.717, 1.165) is 30.7 Å². The molecule has 2 atom stereocenters. The third-order valence-corrected chi connectivity index (χ3v) is 7.94. The van der Waals surface area contributed by atoms with Crippen LogP contribution >= 0.6 is 11.8 Å². The van der Waals surface area contributed by atoms with Gasteiger partial charge in [0.2, 0.25) is 5.91 Å². The molecule has 0 saturated carbocycles. The number of nitrogens with zero attached hydrogens (tertiary/aromatic N) is 2. The molecule has 40 heavy (non-hydrogen) atoms. The first-order chi connectivity index (χ1) is 19.5. The number of amidine groups is 1. The van der Waals surface area contributed by atoms with Crippen LogP contribution in [-0.2, 0) is 25.7 Å². The van der Waals surface area contributed by atoms with Crippen molar-refractivity contribution in [1.82, 2.24) is 10.2 Å². The lowest BCUT2D eigenvalue weighted by atomic mass is 9.92. The van der Waals surface area contributed by atoms with Crippen molar-refractivity contribution in [2.24, 2.45) is 4.99 Å². The first kappa shape index (κ1) is 27.8. The molecule has 3 aliphatic heterocycles. The molecular weight excluding hydrogens is 530 g/mol. The second-order valence-corrected chi connectivity index (χ2v) is 10.5. The number of para-hydroxylation sites is 1. The lowest BCUT2D eigenvalue weighted by Crippen LogP contribution is -2.39. The fourth-order valence-electron chi connectivity index (χ4n) is 5.11. The van der Waals surface area contributed by atoms with Crippen LogP contribution < -0.4 is 14.8 Å². The van der Waals surface area contributed by atoms with Crippen molar-refractivity contribution >= 4 is 28.8 Å². The van der Waals surface area contributed by atoms with Gasteiger partial charge in [-0.05, 0) is 36.8 Å². The number of benzene rings is 2. The van der Waals surface area contributed by atoms with E-state index in [1.165, 1.54) is 11.8 Å². The molecule has 3 heterocycles. The predicted octanol–water partition coefficient (Wildman–Crippen LogP) is 4.71. The first-order valence-corrected chi connectivity index (χ1v) is 14.1. The summed E-state index contributed by atoms with van der Waals surface area (Å²) in [4.78, 5) is 33.4. The van der Waals surface area contributed by atoms with Crippen molar-refractivity contribution in [1.29, 1.82) is 0 Å². The van der Waals surface area contributed by atoms with Gasteiger partial charge < -0.3 is 29.2 Å². The van der Waals surface area contributed by atoms with Gasteiger partial charge >= 0.3 is 5.97 Å². The predicted molar refractivity (Wildman–Crippen MR) is 153 cm³/mol. The number of hydrogen-bond donors (Lipinski definition) is 1. The molecule has 0 aliphatic carbocycles. The maximum Gasteiger partial charge on any atom is 0.338 e. The van der Waals surface area contributed by atoms with Crippen LogP contribution in [0.4, 0.5) is 0 Å². The first-order valence-electron chi connectivity index (χ1n) is 13.2. The Labute approximate surface area is 238 Å². The highest BCUT2D eigenvalue weighted by molar-refractivity contribution is 8.16. The largest absolute Gasteiger partial charge is 0.493 e. The second kappa shape index (κ2) is 12.6. The van der Waals surface area contributed by atoms with Crippen molar-refractivity contribution in [3.8, 4) is 11.5 Å². The molecule has 10 heteroatoms. The summed E-state index contributed by atoms with van der Waals surface area (Å²) in [5.74, 6) is 0.416. The topological polar surface area (TPSA) is 98.7 Å². The van der Waals surface area contributed by atoms with Gasteiger partial charge in [0.25, 0.3) is 0 Å². The number of amides is 1. The molecule has 2 aromatic carbocycles. The highest BCUT2D eigenvalue weighted by atomic mass is 32.2. The maximum absolute atomic E-state index is 13.7. The van der Waals surface area contributed by atoms with Gasteiger partial charge in [-0.1, -0.05) is 54.2 Å². The van der Waals surface area contributed by atoms with Crippen LogP contribution in [0.25, 0.3) is 0 Å². The minimum atomic E-state index is -0.645. The molecule has 1 amide bonds. The highest BCUT2D eigenvalue weighted by Gasteiger charge is 2.42. The Hall–Kier alpha value is -3.76. The molecule has 3 aliphatic rings. The molecule has 0 unspecified atom stereocenters. The third-order valence-electron chi connectivity index (χ3n) is 7.05. The number of aliphatic imine (C=N–C) groups is 1. The van der Waals surface area contributed by atoms with Crippen molar-refractivity contribution in [2.45, 2.75) is 44.9 Å². The Morgan fingerprint density at radius 1 is 1.12 bits per heavy atom. The Morgan fingerprint density at radius 3 is 2.67 bits per heavy atom. The van der Waals surface area contributed by atoms with Gasteiger partial charge in [0, 0.05) is 24.4 Å². The Balaban J connectivity index is 1.46. The van der Waals surface area contributed by atoms with Gasteiger partial charge in [0.15, 0.2) is 16.7 Å². The number of nitrogens with one attached hydrogen (secondary N) is 1. The zero-order valence-electron chi connectivity index (χ0n) is 22.8. The number of esters is 1. The molecule has 0 spiro atoms. The summed E-state index contributed by atoms with van der Waals surface area (Å²) in [5, 5.41) is 5.58. The lowest BCUT2D eigenvalue weighted by molar-refractivity contribution is -0.141. The van der Waals surface area contributed by atoms with Gasteiger partial charge in [-0.25, -0.2) is 9.79 Å². The zero-order valence-corrected chi connectivity index (χ0v) is 23.7. The Morgan fingerprint density at radius 2 is 1.95 bits per heavy atom. The summed E-state index contributed by atoms with van der Waals surface area (Å²) < 4.78 is 22.8. The minimum Gasteiger partial charge on any atom is -0.493 e. The number of rotatable bonds is 10. The second-order valence-electron chi connectivity index (χ2n) is 9.65. The number of ether oxygens (including phenoxy) is 4. The van der Waals surface area contributed by atoms with E-state index in [9.17, 15) is 9.59 Å². The molecule has 1 fully saturated rings. The van der Waals surface area contributed by atoms with E-state index in [1.807, 2.05) is 52.8 Å². The standard InChI is InChI=1S/C30H33N3O6S/c1-19-26(29(35)39-17-20-9-5-4-6-10-20)27(23-12-7-13-24(36-2)28(23)37-3)33-21(18-40-30(33)32-19)15-25(34)31-16-22-11-8-14-38-22/h4-7,9-10,12-13,18,22,27H,8,11,14-17H2,1-3H3,(H,31,34)/t22-,27-/m0/s1. The summed E-state index contributed by atoms with van der Waals surface area (Å²) in [6, 6.07) is 14.4. The van der Waals surface area contributed by atoms with Gasteiger partial charge in [-0.15, -0.1) is 0 Å². The van der Waals surface area contributed by atoms with E-state index in [4.69, 9.17) is 23.9 Å². The number of carbonyl (C=O) groups is 2. The van der Waals surface area contributed by atoms with E-state index in [-0.39, 0.29) is 25.0 Å². The zero-order chi connectivity index (χ0) is 28.1. The highest BCUT2D eigenvalue weighted by Crippen LogP contribution is 2.48. The average molecular weight is 564 g/mol. The summed E-state index contributed by atoms with van der Waals surface area (Å²) in [7, 11) is 3.14. The molecule has 210 valence electrons.